The van der Waals surface area contributed by atoms with Gasteiger partial charge in [-0.25, -0.2) is 13.1 Å². The predicted molar refractivity (Wildman–Crippen MR) is 80.5 cm³/mol. The molecule has 1 aliphatic rings. The molecule has 1 aliphatic carbocycles. The molecule has 0 amide bonds. The van der Waals surface area contributed by atoms with Crippen molar-refractivity contribution in [3.8, 4) is 0 Å². The van der Waals surface area contributed by atoms with Gasteiger partial charge in [-0.3, -0.25) is 4.79 Å². The van der Waals surface area contributed by atoms with E-state index < -0.39 is 21.5 Å². The first kappa shape index (κ1) is 15.9. The first-order chi connectivity index (χ1) is 9.24. The van der Waals surface area contributed by atoms with E-state index in [1.807, 2.05) is 0 Å². The molecular weight excluding hydrogens is 366 g/mol. The largest absolute Gasteiger partial charge is 0.481 e. The number of nitrogens with one attached hydrogen (secondary N) is 1. The van der Waals surface area contributed by atoms with Crippen LogP contribution in [0.15, 0.2) is 14.7 Å². The lowest BCUT2D eigenvalue weighted by Gasteiger charge is -2.28. The van der Waals surface area contributed by atoms with Crippen LogP contribution in [-0.4, -0.2) is 25.0 Å². The highest BCUT2D eigenvalue weighted by molar-refractivity contribution is 9.11. The topological polar surface area (TPSA) is 83.5 Å². The molecule has 1 aromatic heterocycles. The van der Waals surface area contributed by atoms with Crippen molar-refractivity contribution < 1.29 is 18.3 Å². The maximum absolute atomic E-state index is 12.5. The van der Waals surface area contributed by atoms with Gasteiger partial charge in [0.25, 0.3) is 0 Å². The number of sulfonamides is 1. The molecule has 0 atom stereocenters. The van der Waals surface area contributed by atoms with Crippen molar-refractivity contribution in [3.05, 3.63) is 14.7 Å². The summed E-state index contributed by atoms with van der Waals surface area (Å²) in [6.45, 7) is 1.74. The van der Waals surface area contributed by atoms with Crippen LogP contribution >= 0.6 is 27.3 Å². The lowest BCUT2D eigenvalue weighted by Crippen LogP contribution is -2.47. The standard InChI is InChI=1S/C12H16BrNO4S2/c1-8-9(6-10(13)19-8)20(17,18)14-12(7-11(15)16)4-2-3-5-12/h6,14H,2-5,7H2,1H3,(H,15,16). The summed E-state index contributed by atoms with van der Waals surface area (Å²) in [6, 6.07) is 1.56. The fourth-order valence-corrected chi connectivity index (χ4v) is 6.57. The number of hydrogen-bond donors (Lipinski definition) is 2. The van der Waals surface area contributed by atoms with Crippen LogP contribution in [0.1, 0.15) is 37.0 Å². The van der Waals surface area contributed by atoms with Gasteiger partial charge in [0.1, 0.15) is 0 Å². The molecule has 0 saturated heterocycles. The van der Waals surface area contributed by atoms with E-state index in [0.29, 0.717) is 17.7 Å². The lowest BCUT2D eigenvalue weighted by atomic mass is 9.95. The van der Waals surface area contributed by atoms with Crippen molar-refractivity contribution in [2.75, 3.05) is 0 Å². The van der Waals surface area contributed by atoms with Gasteiger partial charge in [0.15, 0.2) is 0 Å². The lowest BCUT2D eigenvalue weighted by molar-refractivity contribution is -0.138. The van der Waals surface area contributed by atoms with E-state index in [9.17, 15) is 13.2 Å². The Morgan fingerprint density at radius 1 is 1.50 bits per heavy atom. The van der Waals surface area contributed by atoms with Gasteiger partial charge in [-0.1, -0.05) is 12.8 Å². The van der Waals surface area contributed by atoms with Gasteiger partial charge in [0.2, 0.25) is 10.0 Å². The summed E-state index contributed by atoms with van der Waals surface area (Å²) < 4.78 is 28.4. The van der Waals surface area contributed by atoms with E-state index in [0.717, 1.165) is 16.6 Å². The van der Waals surface area contributed by atoms with E-state index in [1.165, 1.54) is 11.3 Å². The van der Waals surface area contributed by atoms with Crippen LogP contribution in [0, 0.1) is 6.92 Å². The quantitative estimate of drug-likeness (QED) is 0.820. The summed E-state index contributed by atoms with van der Waals surface area (Å²) in [5.74, 6) is -0.974. The minimum Gasteiger partial charge on any atom is -0.481 e. The van der Waals surface area contributed by atoms with E-state index in [1.54, 1.807) is 13.0 Å². The molecule has 1 fully saturated rings. The minimum atomic E-state index is -3.69. The third-order valence-corrected chi connectivity index (χ3v) is 6.92. The second-order valence-corrected chi connectivity index (χ2v) is 9.42. The Bertz CT molecular complexity index is 617. The molecule has 2 N–H and O–H groups in total. The zero-order valence-corrected chi connectivity index (χ0v) is 14.2. The third-order valence-electron chi connectivity index (χ3n) is 3.53. The van der Waals surface area contributed by atoms with Gasteiger partial charge in [0.05, 0.1) is 15.1 Å². The number of aliphatic carboxylic acids is 1. The minimum absolute atomic E-state index is 0.170. The SMILES string of the molecule is Cc1sc(Br)cc1S(=O)(=O)NC1(CC(=O)O)CCCC1. The van der Waals surface area contributed by atoms with Crippen molar-refractivity contribution in [1.82, 2.24) is 4.72 Å². The van der Waals surface area contributed by atoms with Crippen LogP contribution in [0.5, 0.6) is 0 Å². The van der Waals surface area contributed by atoms with Gasteiger partial charge in [-0.05, 0) is 41.8 Å². The van der Waals surface area contributed by atoms with E-state index in [4.69, 9.17) is 5.11 Å². The monoisotopic (exact) mass is 381 g/mol. The Labute approximate surface area is 130 Å². The van der Waals surface area contributed by atoms with Gasteiger partial charge < -0.3 is 5.11 Å². The Morgan fingerprint density at radius 2 is 2.10 bits per heavy atom. The second kappa shape index (κ2) is 5.75. The maximum atomic E-state index is 12.5. The Morgan fingerprint density at radius 3 is 2.55 bits per heavy atom. The van der Waals surface area contributed by atoms with Crippen LogP contribution in [0.4, 0.5) is 0 Å². The zero-order chi connectivity index (χ0) is 15.0. The fraction of sp³-hybridized carbons (Fsp3) is 0.583. The number of hydrogen-bond acceptors (Lipinski definition) is 4. The van der Waals surface area contributed by atoms with E-state index in [-0.39, 0.29) is 11.3 Å². The molecule has 1 heterocycles. The molecule has 0 spiro atoms. The summed E-state index contributed by atoms with van der Waals surface area (Å²) in [4.78, 5) is 11.9. The summed E-state index contributed by atoms with van der Waals surface area (Å²) >= 11 is 4.62. The van der Waals surface area contributed by atoms with Crippen molar-refractivity contribution >= 4 is 43.3 Å². The normalized spacial score (nSPS) is 18.3. The zero-order valence-electron chi connectivity index (χ0n) is 11.0. The van der Waals surface area contributed by atoms with Crippen LogP contribution in [0.2, 0.25) is 0 Å². The smallest absolute Gasteiger partial charge is 0.305 e. The molecule has 1 saturated carbocycles. The number of carboxylic acid groups (broad SMARTS) is 1. The van der Waals surface area contributed by atoms with Crippen molar-refractivity contribution in [2.45, 2.75) is 49.5 Å². The molecule has 0 radical (unpaired) electrons. The second-order valence-electron chi connectivity index (χ2n) is 5.13. The summed E-state index contributed by atoms with van der Waals surface area (Å²) in [7, 11) is -3.69. The van der Waals surface area contributed by atoms with E-state index in [2.05, 4.69) is 20.7 Å². The average Bonchev–Trinajstić information content (AvgIpc) is 2.84. The number of halogens is 1. The molecular formula is C12H16BrNO4S2. The van der Waals surface area contributed by atoms with Crippen LogP contribution < -0.4 is 4.72 Å². The van der Waals surface area contributed by atoms with Gasteiger partial charge in [-0.15, -0.1) is 11.3 Å². The predicted octanol–water partition coefficient (Wildman–Crippen LogP) is 2.88. The maximum Gasteiger partial charge on any atom is 0.305 e. The Hall–Kier alpha value is -0.440. The summed E-state index contributed by atoms with van der Waals surface area (Å²) in [5, 5.41) is 9.02. The molecule has 0 aliphatic heterocycles. The molecule has 1 aromatic rings. The van der Waals surface area contributed by atoms with Crippen LogP contribution in [0.3, 0.4) is 0 Å². The number of carbonyl (C=O) groups is 1. The Balaban J connectivity index is 2.30. The molecule has 0 aromatic carbocycles. The molecule has 0 unspecified atom stereocenters. The Kier molecular flexibility index (Phi) is 4.58. The number of carboxylic acids is 1. The number of rotatable bonds is 5. The molecule has 0 bridgehead atoms. The van der Waals surface area contributed by atoms with Crippen molar-refractivity contribution in [1.29, 1.82) is 0 Å². The van der Waals surface area contributed by atoms with Gasteiger partial charge in [-0.2, -0.15) is 0 Å². The highest BCUT2D eigenvalue weighted by atomic mass is 79.9. The average molecular weight is 382 g/mol. The molecule has 112 valence electrons. The third kappa shape index (κ3) is 3.41. The first-order valence-electron chi connectivity index (χ1n) is 6.26. The van der Waals surface area contributed by atoms with Crippen molar-refractivity contribution in [2.24, 2.45) is 0 Å². The molecule has 5 nitrogen and oxygen atoms in total. The molecule has 8 heteroatoms. The highest BCUT2D eigenvalue weighted by Gasteiger charge is 2.40. The fourth-order valence-electron chi connectivity index (χ4n) is 2.69. The summed E-state index contributed by atoms with van der Waals surface area (Å²) in [6.07, 6.45) is 2.67. The molecule has 20 heavy (non-hydrogen) atoms. The van der Waals surface area contributed by atoms with Crippen molar-refractivity contribution in [3.63, 3.8) is 0 Å². The van der Waals surface area contributed by atoms with Gasteiger partial charge in [0, 0.05) is 10.4 Å². The number of aryl methyl sites for hydroxylation is 1. The summed E-state index contributed by atoms with van der Waals surface area (Å²) in [5.41, 5.74) is -0.842. The first-order valence-corrected chi connectivity index (χ1v) is 9.35. The highest BCUT2D eigenvalue weighted by Crippen LogP contribution is 2.36. The van der Waals surface area contributed by atoms with Crippen LogP contribution in [0.25, 0.3) is 0 Å². The molecule has 2 rings (SSSR count). The van der Waals surface area contributed by atoms with Gasteiger partial charge >= 0.3 is 5.97 Å². The van der Waals surface area contributed by atoms with E-state index >= 15 is 0 Å². The van der Waals surface area contributed by atoms with Crippen LogP contribution in [-0.2, 0) is 14.8 Å². The number of thiophene rings is 1.